The molecule has 2 aromatic heterocycles. The van der Waals surface area contributed by atoms with Crippen molar-refractivity contribution in [3.05, 3.63) is 22.9 Å². The second-order valence-electron chi connectivity index (χ2n) is 4.34. The number of rotatable bonds is 3. The van der Waals surface area contributed by atoms with E-state index in [2.05, 4.69) is 37.0 Å². The number of nitrogens with zero attached hydrogens (tertiary/aromatic N) is 4. The Kier molecular flexibility index (Phi) is 3.58. The minimum absolute atomic E-state index is 0.820. The van der Waals surface area contributed by atoms with Gasteiger partial charge in [0.15, 0.2) is 4.60 Å². The molecule has 0 radical (unpaired) electrons. The van der Waals surface area contributed by atoms with Gasteiger partial charge in [-0.3, -0.25) is 14.6 Å². The van der Waals surface area contributed by atoms with Crippen molar-refractivity contribution < 1.29 is 4.74 Å². The first-order valence-electron chi connectivity index (χ1n) is 6.12. The first-order valence-corrected chi connectivity index (χ1v) is 6.91. The van der Waals surface area contributed by atoms with Crippen LogP contribution in [0, 0.1) is 0 Å². The van der Waals surface area contributed by atoms with E-state index >= 15 is 0 Å². The van der Waals surface area contributed by atoms with Crippen molar-refractivity contribution in [2.45, 2.75) is 6.54 Å². The van der Waals surface area contributed by atoms with Gasteiger partial charge in [-0.25, -0.2) is 0 Å². The molecular weight excluding hydrogens is 296 g/mol. The summed E-state index contributed by atoms with van der Waals surface area (Å²) in [4.78, 5) is 6.74. The lowest BCUT2D eigenvalue weighted by molar-refractivity contribution is 0.0361. The Morgan fingerprint density at radius 1 is 1.28 bits per heavy atom. The first kappa shape index (κ1) is 12.1. The molecule has 0 aliphatic carbocycles. The summed E-state index contributed by atoms with van der Waals surface area (Å²) < 4.78 is 8.18. The van der Waals surface area contributed by atoms with Crippen LogP contribution in [0.3, 0.4) is 0 Å². The molecule has 18 heavy (non-hydrogen) atoms. The molecule has 96 valence electrons. The number of hydrogen-bond acceptors (Lipinski definition) is 4. The van der Waals surface area contributed by atoms with Gasteiger partial charge in [0.1, 0.15) is 5.52 Å². The van der Waals surface area contributed by atoms with Gasteiger partial charge in [0, 0.05) is 25.8 Å². The Balaban J connectivity index is 1.74. The Morgan fingerprint density at radius 3 is 2.94 bits per heavy atom. The Hall–Kier alpha value is -0.980. The summed E-state index contributed by atoms with van der Waals surface area (Å²) in [5.74, 6) is 0. The first-order chi connectivity index (χ1) is 8.84. The largest absolute Gasteiger partial charge is 0.379 e. The van der Waals surface area contributed by atoms with Gasteiger partial charge in [0.05, 0.1) is 25.3 Å². The van der Waals surface area contributed by atoms with Crippen LogP contribution < -0.4 is 0 Å². The van der Waals surface area contributed by atoms with Crippen LogP contribution in [-0.2, 0) is 11.3 Å². The zero-order chi connectivity index (χ0) is 12.4. The molecule has 6 heteroatoms. The molecular formula is C12H15BrN4O. The number of halogens is 1. The average Bonchev–Trinajstić information content (AvgIpc) is 2.75. The summed E-state index contributed by atoms with van der Waals surface area (Å²) >= 11 is 3.46. The van der Waals surface area contributed by atoms with E-state index in [0.717, 1.165) is 55.0 Å². The van der Waals surface area contributed by atoms with Crippen molar-refractivity contribution in [3.8, 4) is 0 Å². The van der Waals surface area contributed by atoms with E-state index in [1.807, 2.05) is 10.7 Å². The maximum Gasteiger partial charge on any atom is 0.154 e. The van der Waals surface area contributed by atoms with E-state index in [1.165, 1.54) is 0 Å². The lowest BCUT2D eigenvalue weighted by Crippen LogP contribution is -2.38. The molecule has 3 heterocycles. The van der Waals surface area contributed by atoms with Gasteiger partial charge in [-0.2, -0.15) is 5.10 Å². The van der Waals surface area contributed by atoms with Crippen LogP contribution in [0.2, 0.25) is 0 Å². The Labute approximate surface area is 114 Å². The van der Waals surface area contributed by atoms with E-state index in [-0.39, 0.29) is 0 Å². The number of fused-ring (bicyclic) bond motifs is 1. The van der Waals surface area contributed by atoms with Crippen molar-refractivity contribution in [1.82, 2.24) is 19.7 Å². The van der Waals surface area contributed by atoms with Gasteiger partial charge in [-0.15, -0.1) is 0 Å². The fraction of sp³-hybridized carbons (Fsp3) is 0.500. The fourth-order valence-electron chi connectivity index (χ4n) is 2.20. The zero-order valence-electron chi connectivity index (χ0n) is 10.0. The summed E-state index contributed by atoms with van der Waals surface area (Å²) in [6, 6.07) is 4.00. The third-order valence-corrected chi connectivity index (χ3v) is 3.73. The van der Waals surface area contributed by atoms with Gasteiger partial charge < -0.3 is 4.74 Å². The maximum absolute atomic E-state index is 5.34. The third-order valence-electron chi connectivity index (χ3n) is 3.20. The van der Waals surface area contributed by atoms with E-state index in [1.54, 1.807) is 6.20 Å². The molecule has 0 unspecified atom stereocenters. The van der Waals surface area contributed by atoms with Crippen LogP contribution in [-0.4, -0.2) is 52.5 Å². The van der Waals surface area contributed by atoms with Gasteiger partial charge in [-0.05, 0) is 28.1 Å². The van der Waals surface area contributed by atoms with Crippen LogP contribution in [0.5, 0.6) is 0 Å². The van der Waals surface area contributed by atoms with Crippen LogP contribution >= 0.6 is 15.9 Å². The number of ether oxygens (including phenoxy) is 1. The number of morpholine rings is 1. The highest BCUT2D eigenvalue weighted by Gasteiger charge is 2.12. The molecule has 0 spiro atoms. The summed E-state index contributed by atoms with van der Waals surface area (Å²) in [6.07, 6.45) is 1.79. The predicted octanol–water partition coefficient (Wildman–Crippen LogP) is 1.53. The normalized spacial score (nSPS) is 17.4. The van der Waals surface area contributed by atoms with E-state index in [0.29, 0.717) is 0 Å². The minimum atomic E-state index is 0.820. The van der Waals surface area contributed by atoms with Gasteiger partial charge in [-0.1, -0.05) is 0 Å². The lowest BCUT2D eigenvalue weighted by Gasteiger charge is -2.26. The second kappa shape index (κ2) is 5.34. The van der Waals surface area contributed by atoms with Crippen molar-refractivity contribution in [3.63, 3.8) is 0 Å². The van der Waals surface area contributed by atoms with E-state index < -0.39 is 0 Å². The molecule has 1 aliphatic rings. The molecule has 1 aliphatic heterocycles. The lowest BCUT2D eigenvalue weighted by atomic mass is 10.4. The Bertz CT molecular complexity index is 536. The highest BCUT2D eigenvalue weighted by molar-refractivity contribution is 9.10. The summed E-state index contributed by atoms with van der Waals surface area (Å²) in [6.45, 7) is 5.59. The van der Waals surface area contributed by atoms with Gasteiger partial charge in [0.2, 0.25) is 0 Å². The molecule has 5 nitrogen and oxygen atoms in total. The number of pyridine rings is 1. The molecule has 0 amide bonds. The quantitative estimate of drug-likeness (QED) is 0.862. The molecule has 0 N–H and O–H groups in total. The molecule has 0 aromatic carbocycles. The minimum Gasteiger partial charge on any atom is -0.379 e. The molecule has 1 fully saturated rings. The highest BCUT2D eigenvalue weighted by atomic mass is 79.9. The molecule has 1 saturated heterocycles. The van der Waals surface area contributed by atoms with Crippen molar-refractivity contribution in [2.24, 2.45) is 0 Å². The standard InChI is InChI=1S/C12H15BrN4O/c13-12-11-10(2-1-3-14-11)17(15-12)5-4-16-6-8-18-9-7-16/h1-3H,4-9H2. The van der Waals surface area contributed by atoms with E-state index in [9.17, 15) is 0 Å². The molecule has 2 aromatic rings. The van der Waals surface area contributed by atoms with Gasteiger partial charge >= 0.3 is 0 Å². The predicted molar refractivity (Wildman–Crippen MR) is 72.5 cm³/mol. The number of hydrogen-bond donors (Lipinski definition) is 0. The smallest absolute Gasteiger partial charge is 0.154 e. The van der Waals surface area contributed by atoms with Crippen molar-refractivity contribution in [1.29, 1.82) is 0 Å². The maximum atomic E-state index is 5.34. The molecule has 3 rings (SSSR count). The summed E-state index contributed by atoms with van der Waals surface area (Å²) in [5.41, 5.74) is 2.01. The van der Waals surface area contributed by atoms with Crippen molar-refractivity contribution >= 4 is 27.0 Å². The average molecular weight is 311 g/mol. The highest BCUT2D eigenvalue weighted by Crippen LogP contribution is 2.20. The van der Waals surface area contributed by atoms with Crippen LogP contribution in [0.15, 0.2) is 22.9 Å². The fourth-order valence-corrected chi connectivity index (χ4v) is 2.70. The third kappa shape index (κ3) is 2.41. The SMILES string of the molecule is Brc1nn(CCN2CCOCC2)c2cccnc12. The van der Waals surface area contributed by atoms with E-state index in [4.69, 9.17) is 4.74 Å². The summed E-state index contributed by atoms with van der Waals surface area (Å²) in [7, 11) is 0. The zero-order valence-corrected chi connectivity index (χ0v) is 11.6. The molecule has 0 bridgehead atoms. The Morgan fingerprint density at radius 2 is 2.11 bits per heavy atom. The topological polar surface area (TPSA) is 43.2 Å². The van der Waals surface area contributed by atoms with Crippen LogP contribution in [0.25, 0.3) is 11.0 Å². The second-order valence-corrected chi connectivity index (χ2v) is 5.09. The van der Waals surface area contributed by atoms with Crippen LogP contribution in [0.4, 0.5) is 0 Å². The molecule has 0 saturated carbocycles. The van der Waals surface area contributed by atoms with Crippen molar-refractivity contribution in [2.75, 3.05) is 32.8 Å². The summed E-state index contributed by atoms with van der Waals surface area (Å²) in [5, 5.41) is 4.49. The van der Waals surface area contributed by atoms with Crippen LogP contribution in [0.1, 0.15) is 0 Å². The number of aromatic nitrogens is 3. The van der Waals surface area contributed by atoms with Gasteiger partial charge in [0.25, 0.3) is 0 Å². The molecule has 0 atom stereocenters. The monoisotopic (exact) mass is 310 g/mol.